The van der Waals surface area contributed by atoms with Gasteiger partial charge in [0.1, 0.15) is 5.69 Å². The van der Waals surface area contributed by atoms with E-state index in [-0.39, 0.29) is 18.1 Å². The summed E-state index contributed by atoms with van der Waals surface area (Å²) in [5, 5.41) is 11.3. The summed E-state index contributed by atoms with van der Waals surface area (Å²) in [6.45, 7) is 0.676. The summed E-state index contributed by atoms with van der Waals surface area (Å²) in [6.07, 6.45) is 1.85. The van der Waals surface area contributed by atoms with E-state index in [1.54, 1.807) is 13.2 Å². The van der Waals surface area contributed by atoms with E-state index in [1.807, 2.05) is 0 Å². The first kappa shape index (κ1) is 15.1. The summed E-state index contributed by atoms with van der Waals surface area (Å²) in [5.41, 5.74) is 6.32. The summed E-state index contributed by atoms with van der Waals surface area (Å²) in [4.78, 5) is 25.9. The maximum Gasteiger partial charge on any atom is 0.354 e. The van der Waals surface area contributed by atoms with Crippen molar-refractivity contribution in [2.24, 2.45) is 5.73 Å². The number of nitrogens with zero attached hydrogens (tertiary/aromatic N) is 1. The molecule has 1 aromatic rings. The van der Waals surface area contributed by atoms with E-state index in [9.17, 15) is 9.59 Å². The highest BCUT2D eigenvalue weighted by molar-refractivity contribution is 5.85. The number of ether oxygens (including phenoxy) is 1. The zero-order chi connectivity index (χ0) is 14.3. The lowest BCUT2D eigenvalue weighted by Crippen LogP contribution is -2.40. The van der Waals surface area contributed by atoms with Crippen LogP contribution in [0.1, 0.15) is 22.5 Å². The number of pyridine rings is 1. The molecule has 0 saturated heterocycles. The Bertz CT molecular complexity index is 433. The number of hydrogen-bond acceptors (Lipinski definition) is 5. The Hall–Kier alpha value is -1.99. The average molecular weight is 267 g/mol. The van der Waals surface area contributed by atoms with Gasteiger partial charge in [0, 0.05) is 26.5 Å². The molecule has 19 heavy (non-hydrogen) atoms. The summed E-state index contributed by atoms with van der Waals surface area (Å²) in [7, 11) is 1.54. The summed E-state index contributed by atoms with van der Waals surface area (Å²) < 4.78 is 4.84. The van der Waals surface area contributed by atoms with Gasteiger partial charge in [0.15, 0.2) is 0 Å². The molecule has 1 amide bonds. The van der Waals surface area contributed by atoms with Crippen molar-refractivity contribution in [2.75, 3.05) is 13.7 Å². The van der Waals surface area contributed by atoms with Crippen LogP contribution in [-0.4, -0.2) is 41.7 Å². The second kappa shape index (κ2) is 7.45. The van der Waals surface area contributed by atoms with E-state index in [1.165, 1.54) is 12.3 Å². The van der Waals surface area contributed by atoms with Crippen molar-refractivity contribution in [3.63, 3.8) is 0 Å². The molecule has 1 rings (SSSR count). The molecule has 1 heterocycles. The fourth-order valence-electron chi connectivity index (χ4n) is 1.35. The van der Waals surface area contributed by atoms with Crippen LogP contribution in [0.4, 0.5) is 0 Å². The molecule has 1 aromatic heterocycles. The number of amides is 1. The van der Waals surface area contributed by atoms with Gasteiger partial charge in [-0.1, -0.05) is 6.07 Å². The second-order valence-electron chi connectivity index (χ2n) is 3.96. The van der Waals surface area contributed by atoms with Crippen molar-refractivity contribution in [1.82, 2.24) is 10.3 Å². The van der Waals surface area contributed by atoms with E-state index in [0.717, 1.165) is 0 Å². The normalized spacial score (nSPS) is 11.9. The molecule has 0 radical (unpaired) electrons. The minimum absolute atomic E-state index is 0.0353. The number of aromatic nitrogens is 1. The Morgan fingerprint density at radius 2 is 2.26 bits per heavy atom. The molecule has 1 unspecified atom stereocenters. The number of hydrogen-bond donors (Lipinski definition) is 3. The Labute approximate surface area is 110 Å². The van der Waals surface area contributed by atoms with Crippen molar-refractivity contribution in [2.45, 2.75) is 19.0 Å². The molecular formula is C12H17N3O4. The Kier molecular flexibility index (Phi) is 5.91. The van der Waals surface area contributed by atoms with Gasteiger partial charge in [-0.3, -0.25) is 4.79 Å². The van der Waals surface area contributed by atoms with Gasteiger partial charge < -0.3 is 20.9 Å². The number of aromatic carboxylic acids is 1. The first-order chi connectivity index (χ1) is 9.04. The molecular weight excluding hydrogens is 250 g/mol. The maximum atomic E-state index is 11.6. The molecule has 0 fully saturated rings. The zero-order valence-electron chi connectivity index (χ0n) is 10.6. The molecule has 7 nitrogen and oxygen atoms in total. The highest BCUT2D eigenvalue weighted by atomic mass is 16.5. The number of carboxylic acid groups (broad SMARTS) is 1. The van der Waals surface area contributed by atoms with Crippen LogP contribution in [0, 0.1) is 0 Å². The third kappa shape index (κ3) is 5.02. The minimum atomic E-state index is -1.09. The number of carbonyl (C=O) groups excluding carboxylic acids is 1. The van der Waals surface area contributed by atoms with Crippen LogP contribution in [0.2, 0.25) is 0 Å². The van der Waals surface area contributed by atoms with Gasteiger partial charge in [0.05, 0.1) is 6.04 Å². The van der Waals surface area contributed by atoms with Crippen LogP contribution in [0.3, 0.4) is 0 Å². The molecule has 0 aliphatic rings. The quantitative estimate of drug-likeness (QED) is 0.628. The Balaban J connectivity index is 2.43. The van der Waals surface area contributed by atoms with Gasteiger partial charge in [-0.05, 0) is 18.1 Å². The van der Waals surface area contributed by atoms with Crippen LogP contribution in [0.15, 0.2) is 18.3 Å². The molecule has 0 bridgehead atoms. The van der Waals surface area contributed by atoms with Gasteiger partial charge in [0.2, 0.25) is 5.91 Å². The molecule has 104 valence electrons. The van der Waals surface area contributed by atoms with Crippen molar-refractivity contribution in [3.8, 4) is 0 Å². The number of carbonyl (C=O) groups is 2. The summed E-state index contributed by atoms with van der Waals surface area (Å²) in [6, 6.07) is 2.36. The van der Waals surface area contributed by atoms with Crippen LogP contribution in [0.5, 0.6) is 0 Å². The monoisotopic (exact) mass is 267 g/mol. The number of rotatable bonds is 7. The predicted octanol–water partition coefficient (Wildman–Crippen LogP) is -0.240. The van der Waals surface area contributed by atoms with Crippen molar-refractivity contribution in [1.29, 1.82) is 0 Å². The number of methoxy groups -OCH3 is 1. The molecule has 0 spiro atoms. The van der Waals surface area contributed by atoms with E-state index < -0.39 is 12.0 Å². The third-order valence-electron chi connectivity index (χ3n) is 2.48. The van der Waals surface area contributed by atoms with Crippen LogP contribution in [-0.2, 0) is 16.1 Å². The van der Waals surface area contributed by atoms with Crippen LogP contribution in [0.25, 0.3) is 0 Å². The predicted molar refractivity (Wildman–Crippen MR) is 67.5 cm³/mol. The van der Waals surface area contributed by atoms with Crippen molar-refractivity contribution >= 4 is 11.9 Å². The van der Waals surface area contributed by atoms with Crippen molar-refractivity contribution < 1.29 is 19.4 Å². The number of nitrogens with two attached hydrogens (primary N) is 1. The lowest BCUT2D eigenvalue weighted by Gasteiger charge is -2.11. The summed E-state index contributed by atoms with van der Waals surface area (Å²) >= 11 is 0. The smallest absolute Gasteiger partial charge is 0.354 e. The topological polar surface area (TPSA) is 115 Å². The lowest BCUT2D eigenvalue weighted by molar-refractivity contribution is -0.122. The number of nitrogens with one attached hydrogen (secondary N) is 1. The average Bonchev–Trinajstić information content (AvgIpc) is 2.42. The summed E-state index contributed by atoms with van der Waals surface area (Å²) in [5.74, 6) is -1.36. The van der Waals surface area contributed by atoms with E-state index >= 15 is 0 Å². The lowest BCUT2D eigenvalue weighted by atomic mass is 10.2. The molecule has 0 saturated carbocycles. The standard InChI is InChI=1S/C12H17N3O4/c1-19-5-4-9(13)11(16)15-7-8-2-3-10(12(17)18)14-6-8/h2-3,6,9H,4-5,7,13H2,1H3,(H,15,16)(H,17,18). The van der Waals surface area contributed by atoms with Crippen molar-refractivity contribution in [3.05, 3.63) is 29.6 Å². The fourth-order valence-corrected chi connectivity index (χ4v) is 1.35. The largest absolute Gasteiger partial charge is 0.477 e. The molecule has 0 aliphatic heterocycles. The highest BCUT2D eigenvalue weighted by Crippen LogP contribution is 2.00. The molecule has 7 heteroatoms. The van der Waals surface area contributed by atoms with Crippen LogP contribution < -0.4 is 11.1 Å². The first-order valence-corrected chi connectivity index (χ1v) is 5.75. The Morgan fingerprint density at radius 3 is 2.79 bits per heavy atom. The van der Waals surface area contributed by atoms with Gasteiger partial charge in [-0.25, -0.2) is 9.78 Å². The maximum absolute atomic E-state index is 11.6. The van der Waals surface area contributed by atoms with Gasteiger partial charge in [-0.2, -0.15) is 0 Å². The second-order valence-corrected chi connectivity index (χ2v) is 3.96. The van der Waals surface area contributed by atoms with Crippen LogP contribution >= 0.6 is 0 Å². The van der Waals surface area contributed by atoms with E-state index in [0.29, 0.717) is 18.6 Å². The van der Waals surface area contributed by atoms with Gasteiger partial charge in [-0.15, -0.1) is 0 Å². The zero-order valence-corrected chi connectivity index (χ0v) is 10.6. The minimum Gasteiger partial charge on any atom is -0.477 e. The highest BCUT2D eigenvalue weighted by Gasteiger charge is 2.12. The fraction of sp³-hybridized carbons (Fsp3) is 0.417. The molecule has 0 aromatic carbocycles. The third-order valence-corrected chi connectivity index (χ3v) is 2.48. The van der Waals surface area contributed by atoms with Gasteiger partial charge >= 0.3 is 5.97 Å². The molecule has 1 atom stereocenters. The SMILES string of the molecule is COCCC(N)C(=O)NCc1ccc(C(=O)O)nc1. The number of carboxylic acids is 1. The van der Waals surface area contributed by atoms with Gasteiger partial charge in [0.25, 0.3) is 0 Å². The molecule has 4 N–H and O–H groups in total. The van der Waals surface area contributed by atoms with E-state index in [2.05, 4.69) is 10.3 Å². The van der Waals surface area contributed by atoms with E-state index in [4.69, 9.17) is 15.6 Å². The molecule has 0 aliphatic carbocycles. The Morgan fingerprint density at radius 1 is 1.53 bits per heavy atom. The first-order valence-electron chi connectivity index (χ1n) is 5.75.